The van der Waals surface area contributed by atoms with E-state index in [2.05, 4.69) is 10.6 Å². The van der Waals surface area contributed by atoms with E-state index in [1.54, 1.807) is 30.3 Å². The van der Waals surface area contributed by atoms with Crippen LogP contribution in [0.1, 0.15) is 0 Å². The molecular weight excluding hydrogens is 313 g/mol. The van der Waals surface area contributed by atoms with E-state index in [-0.39, 0.29) is 12.5 Å². The molecule has 108 valence electrons. The van der Waals surface area contributed by atoms with Crippen molar-refractivity contribution in [1.29, 1.82) is 0 Å². The highest BCUT2D eigenvalue weighted by molar-refractivity contribution is 6.43. The van der Waals surface area contributed by atoms with E-state index >= 15 is 0 Å². The highest BCUT2D eigenvalue weighted by atomic mass is 35.5. The molecule has 0 atom stereocenters. The minimum atomic E-state index is -0.209. The van der Waals surface area contributed by atoms with Gasteiger partial charge in [-0.1, -0.05) is 29.3 Å². The molecule has 0 aliphatic carbocycles. The van der Waals surface area contributed by atoms with Gasteiger partial charge in [0.1, 0.15) is 5.75 Å². The van der Waals surface area contributed by atoms with Crippen molar-refractivity contribution in [2.75, 3.05) is 23.0 Å². The second kappa shape index (κ2) is 5.35. The normalized spacial score (nSPS) is 13.1. The van der Waals surface area contributed by atoms with Gasteiger partial charge in [-0.25, -0.2) is 0 Å². The van der Waals surface area contributed by atoms with Gasteiger partial charge in [0.05, 0.1) is 32.8 Å². The molecule has 4 N–H and O–H groups in total. The van der Waals surface area contributed by atoms with Crippen molar-refractivity contribution in [2.24, 2.45) is 0 Å². The SMILES string of the molecule is Nc1cc2c(cc1Nc1cccc(Cl)c1Cl)NC(=O)CO2. The van der Waals surface area contributed by atoms with Crippen molar-refractivity contribution in [1.82, 2.24) is 0 Å². The zero-order valence-corrected chi connectivity index (χ0v) is 12.3. The summed E-state index contributed by atoms with van der Waals surface area (Å²) in [5, 5.41) is 6.66. The molecule has 7 heteroatoms. The van der Waals surface area contributed by atoms with Crippen LogP contribution in [0.5, 0.6) is 5.75 Å². The van der Waals surface area contributed by atoms with E-state index in [0.29, 0.717) is 38.5 Å². The van der Waals surface area contributed by atoms with Gasteiger partial charge in [0.2, 0.25) is 0 Å². The first-order valence-electron chi connectivity index (χ1n) is 6.12. The van der Waals surface area contributed by atoms with Crippen molar-refractivity contribution in [3.8, 4) is 5.75 Å². The average molecular weight is 324 g/mol. The Balaban J connectivity index is 1.97. The summed E-state index contributed by atoms with van der Waals surface area (Å²) in [7, 11) is 0. The third-order valence-corrected chi connectivity index (χ3v) is 3.82. The molecule has 5 nitrogen and oxygen atoms in total. The summed E-state index contributed by atoms with van der Waals surface area (Å²) in [5.41, 5.74) is 8.24. The first kappa shape index (κ1) is 13.9. The highest BCUT2D eigenvalue weighted by Gasteiger charge is 2.18. The lowest BCUT2D eigenvalue weighted by molar-refractivity contribution is -0.118. The first-order valence-corrected chi connectivity index (χ1v) is 6.87. The third kappa shape index (κ3) is 2.70. The van der Waals surface area contributed by atoms with Crippen molar-refractivity contribution in [3.63, 3.8) is 0 Å². The molecule has 0 saturated carbocycles. The van der Waals surface area contributed by atoms with Crippen LogP contribution in [0.4, 0.5) is 22.7 Å². The summed E-state index contributed by atoms with van der Waals surface area (Å²) in [6.45, 7) is -0.0145. The van der Waals surface area contributed by atoms with Gasteiger partial charge >= 0.3 is 0 Å². The van der Waals surface area contributed by atoms with E-state index in [1.807, 2.05) is 0 Å². The summed E-state index contributed by atoms with van der Waals surface area (Å²) >= 11 is 12.1. The largest absolute Gasteiger partial charge is 0.482 e. The Labute approximate surface area is 131 Å². The number of hydrogen-bond acceptors (Lipinski definition) is 4. The number of halogens is 2. The maximum atomic E-state index is 11.4. The lowest BCUT2D eigenvalue weighted by Crippen LogP contribution is -2.25. The molecule has 1 heterocycles. The summed E-state index contributed by atoms with van der Waals surface area (Å²) < 4.78 is 5.30. The number of benzene rings is 2. The van der Waals surface area contributed by atoms with Crippen LogP contribution in [-0.2, 0) is 4.79 Å². The number of nitrogens with one attached hydrogen (secondary N) is 2. The molecule has 0 saturated heterocycles. The molecule has 1 amide bonds. The Bertz CT molecular complexity index is 734. The molecule has 0 fully saturated rings. The van der Waals surface area contributed by atoms with E-state index in [9.17, 15) is 4.79 Å². The number of amides is 1. The predicted octanol–water partition coefficient (Wildman–Crippen LogP) is 3.65. The Hall–Kier alpha value is -2.11. The molecule has 21 heavy (non-hydrogen) atoms. The molecule has 0 spiro atoms. The zero-order valence-electron chi connectivity index (χ0n) is 10.7. The fraction of sp³-hybridized carbons (Fsp3) is 0.0714. The zero-order chi connectivity index (χ0) is 15.0. The van der Waals surface area contributed by atoms with Gasteiger partial charge in [0, 0.05) is 6.07 Å². The number of fused-ring (bicyclic) bond motifs is 1. The topological polar surface area (TPSA) is 76.4 Å². The van der Waals surface area contributed by atoms with Crippen LogP contribution in [0.2, 0.25) is 10.0 Å². The third-order valence-electron chi connectivity index (χ3n) is 3.01. The molecular formula is C14H11Cl2N3O2. The van der Waals surface area contributed by atoms with Gasteiger partial charge in [-0.05, 0) is 18.2 Å². The molecule has 2 aromatic rings. The Morgan fingerprint density at radius 1 is 1.24 bits per heavy atom. The van der Waals surface area contributed by atoms with Crippen LogP contribution >= 0.6 is 23.2 Å². The quantitative estimate of drug-likeness (QED) is 0.737. The van der Waals surface area contributed by atoms with Crippen LogP contribution in [0.15, 0.2) is 30.3 Å². The molecule has 0 radical (unpaired) electrons. The number of nitrogen functional groups attached to an aromatic ring is 1. The number of carbonyl (C=O) groups excluding carboxylic acids is 1. The molecule has 0 bridgehead atoms. The van der Waals surface area contributed by atoms with Gasteiger partial charge in [-0.2, -0.15) is 0 Å². The Kier molecular flexibility index (Phi) is 3.53. The fourth-order valence-corrected chi connectivity index (χ4v) is 2.34. The average Bonchev–Trinajstić information content (AvgIpc) is 2.45. The lowest BCUT2D eigenvalue weighted by Gasteiger charge is -2.20. The van der Waals surface area contributed by atoms with E-state index < -0.39 is 0 Å². The van der Waals surface area contributed by atoms with Gasteiger partial charge in [-0.15, -0.1) is 0 Å². The maximum absolute atomic E-state index is 11.4. The van der Waals surface area contributed by atoms with E-state index in [0.717, 1.165) is 0 Å². The standard InChI is InChI=1S/C14H11Cl2N3O2/c15-7-2-1-3-9(14(7)16)18-10-5-11-12(4-8(10)17)21-6-13(20)19-11/h1-5,18H,6,17H2,(H,19,20). The minimum Gasteiger partial charge on any atom is -0.482 e. The van der Waals surface area contributed by atoms with E-state index in [4.69, 9.17) is 33.7 Å². The van der Waals surface area contributed by atoms with Crippen LogP contribution < -0.4 is 21.1 Å². The van der Waals surface area contributed by atoms with Crippen molar-refractivity contribution in [2.45, 2.75) is 0 Å². The van der Waals surface area contributed by atoms with E-state index in [1.165, 1.54) is 0 Å². The molecule has 3 rings (SSSR count). The fourth-order valence-electron chi connectivity index (χ4n) is 2.00. The lowest BCUT2D eigenvalue weighted by atomic mass is 10.2. The van der Waals surface area contributed by atoms with Crippen LogP contribution in [0.3, 0.4) is 0 Å². The number of anilines is 4. The maximum Gasteiger partial charge on any atom is 0.262 e. The predicted molar refractivity (Wildman–Crippen MR) is 84.7 cm³/mol. The summed E-state index contributed by atoms with van der Waals surface area (Å²) in [6, 6.07) is 8.59. The number of ether oxygens (including phenoxy) is 1. The highest BCUT2D eigenvalue weighted by Crippen LogP contribution is 2.38. The van der Waals surface area contributed by atoms with Crippen molar-refractivity contribution >= 4 is 51.9 Å². The Morgan fingerprint density at radius 3 is 2.86 bits per heavy atom. The molecule has 0 unspecified atom stereocenters. The van der Waals surface area contributed by atoms with Gasteiger partial charge in [0.15, 0.2) is 6.61 Å². The second-order valence-electron chi connectivity index (χ2n) is 4.50. The summed E-state index contributed by atoms with van der Waals surface area (Å²) in [4.78, 5) is 11.4. The van der Waals surface area contributed by atoms with Gasteiger partial charge in [-0.3, -0.25) is 4.79 Å². The molecule has 1 aliphatic rings. The van der Waals surface area contributed by atoms with Crippen molar-refractivity contribution in [3.05, 3.63) is 40.4 Å². The van der Waals surface area contributed by atoms with Crippen LogP contribution in [0.25, 0.3) is 0 Å². The Morgan fingerprint density at radius 2 is 2.05 bits per heavy atom. The molecule has 0 aromatic heterocycles. The number of carbonyl (C=O) groups is 1. The second-order valence-corrected chi connectivity index (χ2v) is 5.28. The number of rotatable bonds is 2. The monoisotopic (exact) mass is 323 g/mol. The first-order chi connectivity index (χ1) is 10.0. The van der Waals surface area contributed by atoms with Gasteiger partial charge in [0.25, 0.3) is 5.91 Å². The summed E-state index contributed by atoms with van der Waals surface area (Å²) in [6.07, 6.45) is 0. The number of nitrogens with two attached hydrogens (primary N) is 1. The van der Waals surface area contributed by atoms with Crippen molar-refractivity contribution < 1.29 is 9.53 Å². The molecule has 1 aliphatic heterocycles. The molecule has 2 aromatic carbocycles. The summed E-state index contributed by atoms with van der Waals surface area (Å²) in [5.74, 6) is 0.328. The minimum absolute atomic E-state index is 0.0145. The van der Waals surface area contributed by atoms with Crippen LogP contribution in [-0.4, -0.2) is 12.5 Å². The number of hydrogen-bond donors (Lipinski definition) is 3. The van der Waals surface area contributed by atoms with Crippen LogP contribution in [0, 0.1) is 0 Å². The smallest absolute Gasteiger partial charge is 0.262 e. The van der Waals surface area contributed by atoms with Gasteiger partial charge < -0.3 is 21.1 Å².